The molecule has 21 heavy (non-hydrogen) atoms. The average molecular weight is 286 g/mol. The molecule has 1 aromatic rings. The van der Waals surface area contributed by atoms with Crippen molar-refractivity contribution in [3.8, 4) is 11.8 Å². The summed E-state index contributed by atoms with van der Waals surface area (Å²) in [5.74, 6) is 5.34. The predicted molar refractivity (Wildman–Crippen MR) is 83.1 cm³/mol. The number of hydrogen-bond acceptors (Lipinski definition) is 3. The van der Waals surface area contributed by atoms with Gasteiger partial charge in [-0.05, 0) is 45.5 Å². The second kappa shape index (κ2) is 7.26. The van der Waals surface area contributed by atoms with E-state index in [1.165, 1.54) is 6.42 Å². The third-order valence-corrected chi connectivity index (χ3v) is 3.89. The summed E-state index contributed by atoms with van der Waals surface area (Å²) in [6.07, 6.45) is 2.32. The number of aliphatic hydroxyl groups is 1. The van der Waals surface area contributed by atoms with Gasteiger partial charge in [0, 0.05) is 18.2 Å². The van der Waals surface area contributed by atoms with Crippen molar-refractivity contribution in [3.63, 3.8) is 0 Å². The number of carbonyl (C=O) groups excluding carboxylic acids is 1. The highest BCUT2D eigenvalue weighted by molar-refractivity contribution is 5.97. The van der Waals surface area contributed by atoms with Gasteiger partial charge < -0.3 is 15.3 Å². The fourth-order valence-electron chi connectivity index (χ4n) is 2.63. The van der Waals surface area contributed by atoms with Crippen molar-refractivity contribution in [3.05, 3.63) is 34.9 Å². The first-order valence-corrected chi connectivity index (χ1v) is 7.30. The molecule has 112 valence electrons. The first-order chi connectivity index (χ1) is 10.1. The van der Waals surface area contributed by atoms with Crippen LogP contribution in [0.15, 0.2) is 18.2 Å². The summed E-state index contributed by atoms with van der Waals surface area (Å²) in [7, 11) is 2.09. The number of carbonyl (C=O) groups is 1. The maximum absolute atomic E-state index is 12.4. The first-order valence-electron chi connectivity index (χ1n) is 7.30. The van der Waals surface area contributed by atoms with E-state index in [-0.39, 0.29) is 12.5 Å². The Morgan fingerprint density at radius 2 is 2.33 bits per heavy atom. The third-order valence-electron chi connectivity index (χ3n) is 3.89. The molecule has 4 heteroatoms. The van der Waals surface area contributed by atoms with Crippen LogP contribution >= 0.6 is 0 Å². The Bertz CT molecular complexity index is 572. The quantitative estimate of drug-likeness (QED) is 0.820. The second-order valence-electron chi connectivity index (χ2n) is 5.50. The Morgan fingerprint density at radius 3 is 3.00 bits per heavy atom. The van der Waals surface area contributed by atoms with E-state index in [0.29, 0.717) is 23.7 Å². The van der Waals surface area contributed by atoms with Crippen LogP contribution in [-0.2, 0) is 0 Å². The molecule has 1 aliphatic rings. The lowest BCUT2D eigenvalue weighted by molar-refractivity contribution is 0.0943. The molecule has 0 bridgehead atoms. The van der Waals surface area contributed by atoms with Crippen molar-refractivity contribution < 1.29 is 9.90 Å². The molecule has 1 unspecified atom stereocenters. The molecule has 1 saturated heterocycles. The lowest BCUT2D eigenvalue weighted by atomic mass is 10.0. The van der Waals surface area contributed by atoms with Crippen molar-refractivity contribution in [2.75, 3.05) is 26.7 Å². The Morgan fingerprint density at radius 1 is 1.52 bits per heavy atom. The molecule has 0 spiro atoms. The van der Waals surface area contributed by atoms with Gasteiger partial charge in [-0.1, -0.05) is 23.5 Å². The predicted octanol–water partition coefficient (Wildman–Crippen LogP) is 1.16. The maximum atomic E-state index is 12.4. The number of likely N-dealkylation sites (N-methyl/N-ethyl adjacent to an activating group) is 1. The van der Waals surface area contributed by atoms with Gasteiger partial charge in [-0.25, -0.2) is 0 Å². The topological polar surface area (TPSA) is 52.6 Å². The first kappa shape index (κ1) is 15.6. The lowest BCUT2D eigenvalue weighted by Crippen LogP contribution is -2.38. The smallest absolute Gasteiger partial charge is 0.252 e. The number of nitrogens with zero attached hydrogens (tertiary/aromatic N) is 1. The Balaban J connectivity index is 2.08. The van der Waals surface area contributed by atoms with Gasteiger partial charge in [0.1, 0.15) is 6.61 Å². The summed E-state index contributed by atoms with van der Waals surface area (Å²) in [4.78, 5) is 14.7. The molecule has 1 fully saturated rings. The highest BCUT2D eigenvalue weighted by atomic mass is 16.2. The summed E-state index contributed by atoms with van der Waals surface area (Å²) in [5, 5.41) is 11.8. The SMILES string of the molecule is Cc1ccc(C#CCO)c(C(=O)NCC2CCCN2C)c1. The van der Waals surface area contributed by atoms with Gasteiger partial charge in [0.05, 0.1) is 5.56 Å². The molecule has 1 atom stereocenters. The van der Waals surface area contributed by atoms with Crippen molar-refractivity contribution in [2.24, 2.45) is 0 Å². The Kier molecular flexibility index (Phi) is 5.38. The number of aliphatic hydroxyl groups excluding tert-OH is 1. The van der Waals surface area contributed by atoms with E-state index in [4.69, 9.17) is 5.11 Å². The van der Waals surface area contributed by atoms with Gasteiger partial charge >= 0.3 is 0 Å². The number of rotatable bonds is 3. The highest BCUT2D eigenvalue weighted by Gasteiger charge is 2.21. The van der Waals surface area contributed by atoms with Crippen LogP contribution in [0, 0.1) is 18.8 Å². The standard InChI is InChI=1S/C17H22N2O2/c1-13-7-8-14(5-4-10-20)16(11-13)17(21)18-12-15-6-3-9-19(15)2/h7-8,11,15,20H,3,6,9-10,12H2,1-2H3,(H,18,21). The maximum Gasteiger partial charge on any atom is 0.252 e. The van der Waals surface area contributed by atoms with Crippen molar-refractivity contribution >= 4 is 5.91 Å². The van der Waals surface area contributed by atoms with Crippen molar-refractivity contribution in [2.45, 2.75) is 25.8 Å². The molecule has 1 aliphatic heterocycles. The fraction of sp³-hybridized carbons (Fsp3) is 0.471. The Hall–Kier alpha value is -1.83. The molecule has 2 rings (SSSR count). The van der Waals surface area contributed by atoms with E-state index < -0.39 is 0 Å². The van der Waals surface area contributed by atoms with E-state index in [0.717, 1.165) is 18.5 Å². The van der Waals surface area contributed by atoms with Crippen LogP contribution in [0.1, 0.15) is 34.3 Å². The molecular weight excluding hydrogens is 264 g/mol. The molecule has 0 radical (unpaired) electrons. The van der Waals surface area contributed by atoms with Gasteiger partial charge in [-0.3, -0.25) is 4.79 Å². The van der Waals surface area contributed by atoms with E-state index in [1.807, 2.05) is 25.1 Å². The van der Waals surface area contributed by atoms with Crippen LogP contribution in [0.5, 0.6) is 0 Å². The van der Waals surface area contributed by atoms with Crippen LogP contribution in [0.2, 0.25) is 0 Å². The summed E-state index contributed by atoms with van der Waals surface area (Å²) < 4.78 is 0. The van der Waals surface area contributed by atoms with E-state index in [2.05, 4.69) is 29.1 Å². The zero-order chi connectivity index (χ0) is 15.2. The molecule has 1 amide bonds. The number of nitrogens with one attached hydrogen (secondary N) is 1. The van der Waals surface area contributed by atoms with Gasteiger partial charge in [0.15, 0.2) is 0 Å². The minimum atomic E-state index is -0.207. The number of amides is 1. The molecule has 0 aromatic heterocycles. The zero-order valence-electron chi connectivity index (χ0n) is 12.6. The van der Waals surface area contributed by atoms with E-state index in [9.17, 15) is 4.79 Å². The number of aryl methyl sites for hydroxylation is 1. The van der Waals surface area contributed by atoms with Gasteiger partial charge in [0.25, 0.3) is 5.91 Å². The van der Waals surface area contributed by atoms with Crippen LogP contribution in [0.3, 0.4) is 0 Å². The van der Waals surface area contributed by atoms with Gasteiger partial charge in [0.2, 0.25) is 0 Å². The second-order valence-corrected chi connectivity index (χ2v) is 5.50. The molecular formula is C17H22N2O2. The number of likely N-dealkylation sites (tertiary alicyclic amines) is 1. The fourth-order valence-corrected chi connectivity index (χ4v) is 2.63. The molecule has 1 aromatic carbocycles. The minimum Gasteiger partial charge on any atom is -0.384 e. The third kappa shape index (κ3) is 4.07. The molecule has 2 N–H and O–H groups in total. The number of hydrogen-bond donors (Lipinski definition) is 2. The van der Waals surface area contributed by atoms with Gasteiger partial charge in [-0.2, -0.15) is 0 Å². The summed E-state index contributed by atoms with van der Waals surface area (Å²) in [6.45, 7) is 3.50. The van der Waals surface area contributed by atoms with E-state index >= 15 is 0 Å². The summed E-state index contributed by atoms with van der Waals surface area (Å²) in [5.41, 5.74) is 2.26. The molecule has 0 aliphatic carbocycles. The summed E-state index contributed by atoms with van der Waals surface area (Å²) in [6, 6.07) is 6.01. The zero-order valence-corrected chi connectivity index (χ0v) is 12.6. The van der Waals surface area contributed by atoms with Crippen LogP contribution in [-0.4, -0.2) is 48.7 Å². The van der Waals surface area contributed by atoms with E-state index in [1.54, 1.807) is 0 Å². The lowest BCUT2D eigenvalue weighted by Gasteiger charge is -2.19. The number of benzene rings is 1. The highest BCUT2D eigenvalue weighted by Crippen LogP contribution is 2.15. The minimum absolute atomic E-state index is 0.0961. The largest absolute Gasteiger partial charge is 0.384 e. The Labute approximate surface area is 126 Å². The monoisotopic (exact) mass is 286 g/mol. The van der Waals surface area contributed by atoms with Gasteiger partial charge in [-0.15, -0.1) is 0 Å². The van der Waals surface area contributed by atoms with Crippen molar-refractivity contribution in [1.82, 2.24) is 10.2 Å². The van der Waals surface area contributed by atoms with Crippen molar-refractivity contribution in [1.29, 1.82) is 0 Å². The molecule has 0 saturated carbocycles. The normalized spacial score (nSPS) is 18.1. The van der Waals surface area contributed by atoms with Crippen LogP contribution in [0.4, 0.5) is 0 Å². The molecule has 4 nitrogen and oxygen atoms in total. The van der Waals surface area contributed by atoms with Crippen LogP contribution < -0.4 is 5.32 Å². The summed E-state index contributed by atoms with van der Waals surface area (Å²) >= 11 is 0. The molecule has 1 heterocycles. The average Bonchev–Trinajstić information content (AvgIpc) is 2.88. The van der Waals surface area contributed by atoms with Crippen LogP contribution in [0.25, 0.3) is 0 Å².